The second kappa shape index (κ2) is 14.9. The number of benzene rings is 3. The van der Waals surface area contributed by atoms with E-state index in [2.05, 4.69) is 5.32 Å². The van der Waals surface area contributed by atoms with Gasteiger partial charge in [0.2, 0.25) is 21.8 Å². The van der Waals surface area contributed by atoms with Crippen LogP contribution in [-0.4, -0.2) is 63.7 Å². The molecule has 0 spiro atoms. The molecule has 0 bridgehead atoms. The normalized spacial score (nSPS) is 12.2. The summed E-state index contributed by atoms with van der Waals surface area (Å²) in [6.07, 6.45) is 1.70. The third-order valence-corrected chi connectivity index (χ3v) is 7.94. The van der Waals surface area contributed by atoms with E-state index in [4.69, 9.17) is 9.47 Å². The first-order valence-corrected chi connectivity index (χ1v) is 16.1. The maximum atomic E-state index is 14.0. The lowest BCUT2D eigenvalue weighted by Crippen LogP contribution is -2.54. The monoisotopic (exact) mass is 609 g/mol. The van der Waals surface area contributed by atoms with Gasteiger partial charge >= 0.3 is 0 Å². The van der Waals surface area contributed by atoms with E-state index in [9.17, 15) is 18.0 Å². The van der Waals surface area contributed by atoms with Crippen LogP contribution in [0.15, 0.2) is 78.9 Å². The van der Waals surface area contributed by atoms with Crippen molar-refractivity contribution in [2.45, 2.75) is 58.2 Å². The fraction of sp³-hybridized carbons (Fsp3) is 0.394. The molecule has 1 N–H and O–H groups in total. The number of carbonyl (C=O) groups excluding carboxylic acids is 2. The molecule has 0 radical (unpaired) electrons. The molecular formula is C33H43N3O6S. The minimum Gasteiger partial charge on any atom is -0.497 e. The summed E-state index contributed by atoms with van der Waals surface area (Å²) in [5.41, 5.74) is 1.61. The Morgan fingerprint density at radius 1 is 0.884 bits per heavy atom. The summed E-state index contributed by atoms with van der Waals surface area (Å²) in [6.45, 7) is 5.94. The van der Waals surface area contributed by atoms with E-state index in [0.29, 0.717) is 23.6 Å². The number of hydrogen-bond acceptors (Lipinski definition) is 6. The number of para-hydroxylation sites is 2. The molecule has 3 rings (SSSR count). The molecule has 0 fully saturated rings. The molecule has 3 aromatic rings. The smallest absolute Gasteiger partial charge is 0.243 e. The number of methoxy groups -OCH3 is 2. The molecule has 0 aliphatic heterocycles. The van der Waals surface area contributed by atoms with Gasteiger partial charge in [0.1, 0.15) is 17.5 Å². The van der Waals surface area contributed by atoms with E-state index in [1.54, 1.807) is 36.3 Å². The highest BCUT2D eigenvalue weighted by molar-refractivity contribution is 7.92. The van der Waals surface area contributed by atoms with E-state index in [-0.39, 0.29) is 37.7 Å². The number of hydrogen-bond donors (Lipinski definition) is 1. The van der Waals surface area contributed by atoms with Gasteiger partial charge in [0.05, 0.1) is 26.2 Å². The molecule has 232 valence electrons. The molecule has 10 heteroatoms. The van der Waals surface area contributed by atoms with E-state index in [1.165, 1.54) is 11.4 Å². The topological polar surface area (TPSA) is 105 Å². The minimum atomic E-state index is -3.67. The Morgan fingerprint density at radius 2 is 1.53 bits per heavy atom. The number of ether oxygens (including phenoxy) is 2. The van der Waals surface area contributed by atoms with Gasteiger partial charge in [-0.1, -0.05) is 54.6 Å². The largest absolute Gasteiger partial charge is 0.497 e. The van der Waals surface area contributed by atoms with Crippen LogP contribution in [0.1, 0.15) is 44.7 Å². The fourth-order valence-corrected chi connectivity index (χ4v) is 5.76. The fourth-order valence-electron chi connectivity index (χ4n) is 4.79. The Morgan fingerprint density at radius 3 is 2.16 bits per heavy atom. The zero-order chi connectivity index (χ0) is 31.6. The average molecular weight is 610 g/mol. The zero-order valence-electron chi connectivity index (χ0n) is 25.9. The van der Waals surface area contributed by atoms with Gasteiger partial charge in [0, 0.05) is 31.5 Å². The molecule has 0 aliphatic rings. The third-order valence-electron chi connectivity index (χ3n) is 6.76. The Kier molecular flexibility index (Phi) is 11.6. The van der Waals surface area contributed by atoms with Gasteiger partial charge in [-0.05, 0) is 62.6 Å². The summed E-state index contributed by atoms with van der Waals surface area (Å²) in [5, 5.41) is 3.05. The van der Waals surface area contributed by atoms with Gasteiger partial charge in [-0.2, -0.15) is 0 Å². The quantitative estimate of drug-likeness (QED) is 0.282. The molecule has 43 heavy (non-hydrogen) atoms. The van der Waals surface area contributed by atoms with Gasteiger partial charge in [-0.15, -0.1) is 0 Å². The highest BCUT2D eigenvalue weighted by Gasteiger charge is 2.32. The Hall–Kier alpha value is -4.05. The molecule has 1 atom stereocenters. The molecule has 0 saturated heterocycles. The number of carbonyl (C=O) groups is 2. The standard InChI is InChI=1S/C33H43N3O6S/c1-33(2,3)34-32(38)29(23-25-14-8-7-9-15-25)35(24-26-16-12-17-27(22-26)41-4)31(37)20-13-21-36(43(6,39)40)28-18-10-11-19-30(28)42-5/h7-12,14-19,22,29H,13,20-21,23-24H2,1-6H3,(H,34,38)/t29-/m1/s1. The van der Waals surface area contributed by atoms with Crippen LogP contribution in [0.3, 0.4) is 0 Å². The summed E-state index contributed by atoms with van der Waals surface area (Å²) in [6, 6.07) is 23.0. The number of rotatable bonds is 14. The molecule has 0 aromatic heterocycles. The summed E-state index contributed by atoms with van der Waals surface area (Å²) >= 11 is 0. The molecule has 0 aliphatic carbocycles. The van der Waals surface area contributed by atoms with Crippen molar-refractivity contribution in [3.05, 3.63) is 90.0 Å². The van der Waals surface area contributed by atoms with Crippen LogP contribution in [0.25, 0.3) is 0 Å². The van der Waals surface area contributed by atoms with Crippen molar-refractivity contribution < 1.29 is 27.5 Å². The van der Waals surface area contributed by atoms with Crippen molar-refractivity contribution in [2.75, 3.05) is 31.3 Å². The van der Waals surface area contributed by atoms with Crippen molar-refractivity contribution in [1.29, 1.82) is 0 Å². The van der Waals surface area contributed by atoms with Gasteiger partial charge in [-0.25, -0.2) is 8.42 Å². The predicted octanol–water partition coefficient (Wildman–Crippen LogP) is 4.80. The number of nitrogens with one attached hydrogen (secondary N) is 1. The lowest BCUT2D eigenvalue weighted by atomic mass is 10.00. The van der Waals surface area contributed by atoms with Crippen LogP contribution >= 0.6 is 0 Å². The Balaban J connectivity index is 1.94. The molecule has 3 aromatic carbocycles. The van der Waals surface area contributed by atoms with Crippen LogP contribution in [0.2, 0.25) is 0 Å². The summed E-state index contributed by atoms with van der Waals surface area (Å²) in [7, 11) is -0.609. The second-order valence-corrected chi connectivity index (χ2v) is 13.3. The zero-order valence-corrected chi connectivity index (χ0v) is 26.7. The molecule has 0 saturated carbocycles. The van der Waals surface area contributed by atoms with E-state index >= 15 is 0 Å². The highest BCUT2D eigenvalue weighted by Crippen LogP contribution is 2.30. The van der Waals surface area contributed by atoms with Crippen LogP contribution in [0, 0.1) is 0 Å². The second-order valence-electron chi connectivity index (χ2n) is 11.4. The first kappa shape index (κ1) is 33.5. The van der Waals surface area contributed by atoms with Gasteiger partial charge < -0.3 is 19.7 Å². The summed E-state index contributed by atoms with van der Waals surface area (Å²) < 4.78 is 37.5. The van der Waals surface area contributed by atoms with Crippen LogP contribution in [-0.2, 0) is 32.6 Å². The third kappa shape index (κ3) is 10.0. The first-order chi connectivity index (χ1) is 20.3. The summed E-state index contributed by atoms with van der Waals surface area (Å²) in [5.74, 6) is 0.533. The Labute approximate surface area is 255 Å². The van der Waals surface area contributed by atoms with E-state index in [1.807, 2.05) is 75.4 Å². The van der Waals surface area contributed by atoms with Crippen LogP contribution in [0.4, 0.5) is 5.69 Å². The van der Waals surface area contributed by atoms with Gasteiger partial charge in [0.15, 0.2) is 0 Å². The number of nitrogens with zero attached hydrogens (tertiary/aromatic N) is 2. The van der Waals surface area contributed by atoms with Crippen LogP contribution in [0.5, 0.6) is 11.5 Å². The number of amides is 2. The Bertz CT molecular complexity index is 1470. The van der Waals surface area contributed by atoms with Crippen molar-refractivity contribution in [3.8, 4) is 11.5 Å². The maximum Gasteiger partial charge on any atom is 0.243 e. The maximum absolute atomic E-state index is 14.0. The molecule has 0 heterocycles. The number of sulfonamides is 1. The summed E-state index contributed by atoms with van der Waals surface area (Å²) in [4.78, 5) is 29.4. The molecule has 9 nitrogen and oxygen atoms in total. The van der Waals surface area contributed by atoms with Crippen LogP contribution < -0.4 is 19.1 Å². The van der Waals surface area contributed by atoms with Gasteiger partial charge in [-0.3, -0.25) is 13.9 Å². The lowest BCUT2D eigenvalue weighted by molar-refractivity contribution is -0.142. The van der Waals surface area contributed by atoms with Crippen molar-refractivity contribution in [2.24, 2.45) is 0 Å². The SMILES string of the molecule is COc1cccc(CN(C(=O)CCCN(c2ccccc2OC)S(C)(=O)=O)[C@H](Cc2ccccc2)C(=O)NC(C)(C)C)c1. The van der Waals surface area contributed by atoms with Gasteiger partial charge in [0.25, 0.3) is 0 Å². The van der Waals surface area contributed by atoms with Crippen molar-refractivity contribution in [1.82, 2.24) is 10.2 Å². The predicted molar refractivity (Wildman–Crippen MR) is 170 cm³/mol. The van der Waals surface area contributed by atoms with Crippen molar-refractivity contribution in [3.63, 3.8) is 0 Å². The first-order valence-electron chi connectivity index (χ1n) is 14.2. The lowest BCUT2D eigenvalue weighted by Gasteiger charge is -2.34. The molecule has 0 unspecified atom stereocenters. The van der Waals surface area contributed by atoms with E-state index < -0.39 is 21.6 Å². The molecular weight excluding hydrogens is 566 g/mol. The molecule has 2 amide bonds. The average Bonchev–Trinajstić information content (AvgIpc) is 2.96. The number of anilines is 1. The minimum absolute atomic E-state index is 0.0270. The van der Waals surface area contributed by atoms with E-state index in [0.717, 1.165) is 17.4 Å². The van der Waals surface area contributed by atoms with Crippen molar-refractivity contribution >= 4 is 27.5 Å². The highest BCUT2D eigenvalue weighted by atomic mass is 32.2.